The molecular weight excluding hydrogens is 550 g/mol. The molecule has 0 saturated heterocycles. The quantitative estimate of drug-likeness (QED) is 0.321. The second-order valence-electron chi connectivity index (χ2n) is 9.97. The van der Waals surface area contributed by atoms with E-state index in [1.807, 2.05) is 20.8 Å². The van der Waals surface area contributed by atoms with Gasteiger partial charge in [-0.3, -0.25) is 13.9 Å². The Kier molecular flexibility index (Phi) is 10.6. The highest BCUT2D eigenvalue weighted by molar-refractivity contribution is 7.92. The summed E-state index contributed by atoms with van der Waals surface area (Å²) in [6.07, 6.45) is 0. The van der Waals surface area contributed by atoms with Crippen molar-refractivity contribution in [2.45, 2.75) is 45.2 Å². The lowest BCUT2D eigenvalue weighted by molar-refractivity contribution is -0.139. The van der Waals surface area contributed by atoms with Gasteiger partial charge in [-0.2, -0.15) is 0 Å². The van der Waals surface area contributed by atoms with Gasteiger partial charge in [0, 0.05) is 18.1 Å². The maximum absolute atomic E-state index is 14.0. The summed E-state index contributed by atoms with van der Waals surface area (Å²) in [5.41, 5.74) is 1.71. The Balaban J connectivity index is 2.07. The maximum atomic E-state index is 14.0. The number of anilines is 1. The molecule has 2 amide bonds. The van der Waals surface area contributed by atoms with E-state index in [0.717, 1.165) is 9.87 Å². The fourth-order valence-corrected chi connectivity index (χ4v) is 5.75. The van der Waals surface area contributed by atoms with Crippen LogP contribution >= 0.6 is 11.6 Å². The summed E-state index contributed by atoms with van der Waals surface area (Å²) in [4.78, 5) is 28.5. The first-order valence-corrected chi connectivity index (χ1v) is 14.8. The van der Waals surface area contributed by atoms with Crippen molar-refractivity contribution in [3.8, 4) is 5.75 Å². The Morgan fingerprint density at radius 3 is 2.30 bits per heavy atom. The molecule has 3 aromatic carbocycles. The van der Waals surface area contributed by atoms with Crippen LogP contribution in [0, 0.1) is 12.8 Å². The summed E-state index contributed by atoms with van der Waals surface area (Å²) in [5, 5.41) is 3.36. The van der Waals surface area contributed by atoms with Crippen LogP contribution in [0.4, 0.5) is 5.69 Å². The number of halogens is 1. The SMILES string of the molecule is COc1ccc(C)cc1N(CC(=O)N(Cc1cccc(Cl)c1)[C@@H](C)C(=O)NCC(C)C)S(=O)(=O)c1ccccc1. The number of carbonyl (C=O) groups is 2. The molecule has 0 aliphatic heterocycles. The van der Waals surface area contributed by atoms with E-state index in [1.165, 1.54) is 24.1 Å². The molecule has 0 aliphatic rings. The molecule has 0 fully saturated rings. The van der Waals surface area contributed by atoms with Crippen molar-refractivity contribution in [3.05, 3.63) is 88.9 Å². The number of amides is 2. The third kappa shape index (κ3) is 7.76. The van der Waals surface area contributed by atoms with Gasteiger partial charge in [0.25, 0.3) is 10.0 Å². The van der Waals surface area contributed by atoms with E-state index in [1.54, 1.807) is 67.6 Å². The van der Waals surface area contributed by atoms with E-state index < -0.39 is 28.5 Å². The van der Waals surface area contributed by atoms with Crippen molar-refractivity contribution < 1.29 is 22.7 Å². The zero-order valence-corrected chi connectivity index (χ0v) is 25.0. The molecule has 0 aromatic heterocycles. The lowest BCUT2D eigenvalue weighted by atomic mass is 10.1. The number of hydrogen-bond donors (Lipinski definition) is 1. The molecule has 0 saturated carbocycles. The fraction of sp³-hybridized carbons (Fsp3) is 0.333. The van der Waals surface area contributed by atoms with Crippen molar-refractivity contribution in [1.82, 2.24) is 10.2 Å². The van der Waals surface area contributed by atoms with E-state index >= 15 is 0 Å². The summed E-state index contributed by atoms with van der Waals surface area (Å²) < 4.78 is 34.5. The first-order valence-electron chi connectivity index (χ1n) is 13.0. The van der Waals surface area contributed by atoms with Gasteiger partial charge < -0.3 is 15.0 Å². The standard InChI is InChI=1S/C30H36ClN3O5S/c1-21(2)18-32-30(36)23(4)33(19-24-10-9-11-25(31)17-24)29(35)20-34(27-16-22(3)14-15-28(27)39-5)40(37,38)26-12-7-6-8-13-26/h6-17,21,23H,18-20H2,1-5H3,(H,32,36)/t23-/m0/s1. The van der Waals surface area contributed by atoms with Gasteiger partial charge in [-0.15, -0.1) is 0 Å². The van der Waals surface area contributed by atoms with Crippen LogP contribution in [-0.4, -0.2) is 51.4 Å². The number of carbonyl (C=O) groups excluding carboxylic acids is 2. The highest BCUT2D eigenvalue weighted by Crippen LogP contribution is 2.33. The zero-order valence-electron chi connectivity index (χ0n) is 23.4. The van der Waals surface area contributed by atoms with Gasteiger partial charge >= 0.3 is 0 Å². The smallest absolute Gasteiger partial charge is 0.264 e. The minimum atomic E-state index is -4.19. The molecule has 0 radical (unpaired) electrons. The molecular formula is C30H36ClN3O5S. The second-order valence-corrected chi connectivity index (χ2v) is 12.3. The Morgan fingerprint density at radius 2 is 1.68 bits per heavy atom. The average Bonchev–Trinajstić information content (AvgIpc) is 2.93. The highest BCUT2D eigenvalue weighted by Gasteiger charge is 2.33. The van der Waals surface area contributed by atoms with Crippen LogP contribution in [-0.2, 0) is 26.2 Å². The maximum Gasteiger partial charge on any atom is 0.264 e. The summed E-state index contributed by atoms with van der Waals surface area (Å²) in [5.74, 6) is -0.388. The number of ether oxygens (including phenoxy) is 1. The fourth-order valence-electron chi connectivity index (χ4n) is 4.09. The summed E-state index contributed by atoms with van der Waals surface area (Å²) in [6.45, 7) is 7.34. The molecule has 0 aliphatic carbocycles. The minimum absolute atomic E-state index is 0.0236. The van der Waals surface area contributed by atoms with Gasteiger partial charge in [0.05, 0.1) is 17.7 Å². The molecule has 1 N–H and O–H groups in total. The number of rotatable bonds is 12. The second kappa shape index (κ2) is 13.7. The van der Waals surface area contributed by atoms with Crippen LogP contribution < -0.4 is 14.4 Å². The Morgan fingerprint density at radius 1 is 0.975 bits per heavy atom. The van der Waals surface area contributed by atoms with E-state index in [2.05, 4.69) is 5.32 Å². The van der Waals surface area contributed by atoms with Gasteiger partial charge in [-0.05, 0) is 67.3 Å². The van der Waals surface area contributed by atoms with Gasteiger partial charge in [-0.1, -0.05) is 61.8 Å². The number of methoxy groups -OCH3 is 1. The summed E-state index contributed by atoms with van der Waals surface area (Å²) >= 11 is 6.19. The summed E-state index contributed by atoms with van der Waals surface area (Å²) in [7, 11) is -2.75. The Bertz CT molecular complexity index is 1430. The van der Waals surface area contributed by atoms with Crippen molar-refractivity contribution in [3.63, 3.8) is 0 Å². The van der Waals surface area contributed by atoms with E-state index in [4.69, 9.17) is 16.3 Å². The zero-order chi connectivity index (χ0) is 29.4. The number of benzene rings is 3. The molecule has 10 heteroatoms. The Hall–Kier alpha value is -3.56. The molecule has 0 unspecified atom stereocenters. The predicted molar refractivity (Wildman–Crippen MR) is 158 cm³/mol. The molecule has 3 aromatic rings. The van der Waals surface area contributed by atoms with Crippen molar-refractivity contribution >= 4 is 39.1 Å². The molecule has 1 atom stereocenters. The van der Waals surface area contributed by atoms with E-state index in [0.29, 0.717) is 22.9 Å². The lowest BCUT2D eigenvalue weighted by Gasteiger charge is -2.32. The van der Waals surface area contributed by atoms with Crippen LogP contribution in [0.3, 0.4) is 0 Å². The molecule has 214 valence electrons. The van der Waals surface area contributed by atoms with Crippen LogP contribution in [0.5, 0.6) is 5.75 Å². The number of nitrogens with zero attached hydrogens (tertiary/aromatic N) is 2. The molecule has 0 heterocycles. The highest BCUT2D eigenvalue weighted by atomic mass is 35.5. The molecule has 3 rings (SSSR count). The number of sulfonamides is 1. The van der Waals surface area contributed by atoms with Crippen LogP contribution in [0.1, 0.15) is 31.9 Å². The third-order valence-electron chi connectivity index (χ3n) is 6.31. The largest absolute Gasteiger partial charge is 0.495 e. The molecule has 40 heavy (non-hydrogen) atoms. The monoisotopic (exact) mass is 585 g/mol. The molecule has 0 bridgehead atoms. The first kappa shape index (κ1) is 31.0. The predicted octanol–water partition coefficient (Wildman–Crippen LogP) is 5.04. The third-order valence-corrected chi connectivity index (χ3v) is 8.32. The van der Waals surface area contributed by atoms with Gasteiger partial charge in [0.15, 0.2) is 0 Å². The van der Waals surface area contributed by atoms with E-state index in [9.17, 15) is 18.0 Å². The van der Waals surface area contributed by atoms with Crippen LogP contribution in [0.2, 0.25) is 5.02 Å². The van der Waals surface area contributed by atoms with Crippen molar-refractivity contribution in [2.75, 3.05) is 24.5 Å². The average molecular weight is 586 g/mol. The van der Waals surface area contributed by atoms with Crippen molar-refractivity contribution in [1.29, 1.82) is 0 Å². The lowest BCUT2D eigenvalue weighted by Crippen LogP contribution is -2.51. The van der Waals surface area contributed by atoms with Gasteiger partial charge in [0.2, 0.25) is 11.8 Å². The number of hydrogen-bond acceptors (Lipinski definition) is 5. The van der Waals surface area contributed by atoms with Gasteiger partial charge in [-0.25, -0.2) is 8.42 Å². The number of nitrogens with one attached hydrogen (secondary N) is 1. The first-order chi connectivity index (χ1) is 18.9. The molecule has 0 spiro atoms. The van der Waals surface area contributed by atoms with E-state index in [-0.39, 0.29) is 29.0 Å². The summed E-state index contributed by atoms with van der Waals surface area (Å²) in [6, 6.07) is 19.1. The number of aryl methyl sites for hydroxylation is 1. The minimum Gasteiger partial charge on any atom is -0.495 e. The Labute approximate surface area is 241 Å². The molecule has 8 nitrogen and oxygen atoms in total. The van der Waals surface area contributed by atoms with Crippen molar-refractivity contribution in [2.24, 2.45) is 5.92 Å². The van der Waals surface area contributed by atoms with Crippen LogP contribution in [0.25, 0.3) is 0 Å². The van der Waals surface area contributed by atoms with Crippen LogP contribution in [0.15, 0.2) is 77.7 Å². The normalized spacial score (nSPS) is 12.1. The topological polar surface area (TPSA) is 96.0 Å². The van der Waals surface area contributed by atoms with Gasteiger partial charge in [0.1, 0.15) is 18.3 Å².